The number of hydroxylamine groups is 1. The van der Waals surface area contributed by atoms with E-state index in [1.165, 1.54) is 0 Å². The van der Waals surface area contributed by atoms with Crippen LogP contribution in [0.3, 0.4) is 0 Å². The zero-order valence-electron chi connectivity index (χ0n) is 11.9. The summed E-state index contributed by atoms with van der Waals surface area (Å²) in [5.74, 6) is 0. The average molecular weight is 275 g/mol. The highest BCUT2D eigenvalue weighted by Crippen LogP contribution is 2.25. The van der Waals surface area contributed by atoms with Crippen LogP contribution < -0.4 is 0 Å². The van der Waals surface area contributed by atoms with Gasteiger partial charge in [0, 0.05) is 18.1 Å². The maximum Gasteiger partial charge on any atom is 0.186 e. The van der Waals surface area contributed by atoms with Gasteiger partial charge in [0.15, 0.2) is 12.3 Å². The van der Waals surface area contributed by atoms with Gasteiger partial charge in [-0.2, -0.15) is 0 Å². The molecule has 0 heterocycles. The molecule has 0 saturated heterocycles. The predicted molar refractivity (Wildman–Crippen MR) is 87.6 cm³/mol. The third-order valence-electron chi connectivity index (χ3n) is 3.73. The molecule has 0 aliphatic rings. The molecule has 0 amide bonds. The normalized spacial score (nSPS) is 13.3. The average Bonchev–Trinajstić information content (AvgIpc) is 2.54. The summed E-state index contributed by atoms with van der Waals surface area (Å²) in [4.78, 5) is 0. The Morgan fingerprint density at radius 3 is 2.33 bits per heavy atom. The van der Waals surface area contributed by atoms with Crippen molar-refractivity contribution in [2.45, 2.75) is 13.0 Å². The molecule has 0 spiro atoms. The second-order valence-corrected chi connectivity index (χ2v) is 5.14. The first-order chi connectivity index (χ1) is 10.3. The van der Waals surface area contributed by atoms with Gasteiger partial charge in [0.2, 0.25) is 0 Å². The Labute approximate surface area is 124 Å². The van der Waals surface area contributed by atoms with Gasteiger partial charge in [-0.15, -0.1) is 0 Å². The number of benzene rings is 3. The lowest BCUT2D eigenvalue weighted by atomic mass is 10.00. The van der Waals surface area contributed by atoms with Crippen LogP contribution in [0.1, 0.15) is 24.1 Å². The van der Waals surface area contributed by atoms with Gasteiger partial charge in [0.25, 0.3) is 0 Å². The second kappa shape index (κ2) is 5.80. The van der Waals surface area contributed by atoms with Crippen molar-refractivity contribution in [1.82, 2.24) is 0 Å². The molecule has 2 nitrogen and oxygen atoms in total. The van der Waals surface area contributed by atoms with Crippen molar-refractivity contribution >= 4 is 17.0 Å². The lowest BCUT2D eigenvalue weighted by Gasteiger charge is -2.15. The molecule has 3 rings (SSSR count). The van der Waals surface area contributed by atoms with Crippen molar-refractivity contribution in [3.63, 3.8) is 0 Å². The molecular formula is C19H17NO. The maximum absolute atomic E-state index is 12.4. The number of fused-ring (bicyclic) bond motifs is 1. The van der Waals surface area contributed by atoms with Crippen molar-refractivity contribution in [1.29, 1.82) is 0 Å². The van der Waals surface area contributed by atoms with E-state index in [1.807, 2.05) is 61.5 Å². The topological polar surface area (TPSA) is 26.1 Å². The lowest BCUT2D eigenvalue weighted by Crippen LogP contribution is -2.12. The molecule has 1 atom stereocenters. The van der Waals surface area contributed by atoms with E-state index < -0.39 is 0 Å². The minimum atomic E-state index is -0.226. The van der Waals surface area contributed by atoms with Crippen LogP contribution >= 0.6 is 0 Å². The molecule has 21 heavy (non-hydrogen) atoms. The summed E-state index contributed by atoms with van der Waals surface area (Å²) in [5.41, 5.74) is 1.97. The summed E-state index contributed by atoms with van der Waals surface area (Å²) in [5, 5.41) is 14.7. The molecule has 0 saturated carbocycles. The van der Waals surface area contributed by atoms with Gasteiger partial charge >= 0.3 is 0 Å². The summed E-state index contributed by atoms with van der Waals surface area (Å²) in [6.45, 7) is 1.94. The van der Waals surface area contributed by atoms with E-state index in [0.717, 1.165) is 26.6 Å². The second-order valence-electron chi connectivity index (χ2n) is 5.14. The Kier molecular flexibility index (Phi) is 3.69. The third kappa shape index (κ3) is 2.79. The molecule has 3 aromatic rings. The minimum absolute atomic E-state index is 0.226. The van der Waals surface area contributed by atoms with Crippen LogP contribution in [0.25, 0.3) is 10.8 Å². The van der Waals surface area contributed by atoms with E-state index in [9.17, 15) is 5.21 Å². The monoisotopic (exact) mass is 275 g/mol. The van der Waals surface area contributed by atoms with Gasteiger partial charge in [-0.25, -0.2) is 4.74 Å². The smallest absolute Gasteiger partial charge is 0.186 e. The summed E-state index contributed by atoms with van der Waals surface area (Å²) >= 11 is 0. The zero-order valence-corrected chi connectivity index (χ0v) is 11.9. The largest absolute Gasteiger partial charge is 0.623 e. The first kappa shape index (κ1) is 13.4. The van der Waals surface area contributed by atoms with Crippen LogP contribution in [-0.2, 0) is 0 Å². The number of rotatable bonds is 3. The van der Waals surface area contributed by atoms with Gasteiger partial charge < -0.3 is 5.21 Å². The van der Waals surface area contributed by atoms with Gasteiger partial charge in [-0.1, -0.05) is 60.7 Å². The van der Waals surface area contributed by atoms with E-state index in [-0.39, 0.29) is 6.04 Å². The van der Waals surface area contributed by atoms with E-state index in [0.29, 0.717) is 0 Å². The van der Waals surface area contributed by atoms with Crippen LogP contribution in [0.4, 0.5) is 0 Å². The van der Waals surface area contributed by atoms with Gasteiger partial charge in [-0.3, -0.25) is 0 Å². The molecule has 2 heteroatoms. The van der Waals surface area contributed by atoms with Crippen LogP contribution in [0.15, 0.2) is 72.8 Å². The molecule has 0 bridgehead atoms. The number of hydrogen-bond acceptors (Lipinski definition) is 1. The Hall–Kier alpha value is -2.61. The van der Waals surface area contributed by atoms with Crippen LogP contribution in [-0.4, -0.2) is 11.0 Å². The first-order valence-corrected chi connectivity index (χ1v) is 7.09. The van der Waals surface area contributed by atoms with Crippen molar-refractivity contribution in [3.05, 3.63) is 89.1 Å². The molecule has 104 valence electrons. The Balaban J connectivity index is 2.01. The highest BCUT2D eigenvalue weighted by atomic mass is 16.5. The van der Waals surface area contributed by atoms with Gasteiger partial charge in [0.05, 0.1) is 0 Å². The highest BCUT2D eigenvalue weighted by Gasteiger charge is 2.15. The predicted octanol–water partition coefficient (Wildman–Crippen LogP) is 4.53. The Bertz CT molecular complexity index is 772. The molecule has 0 N–H and O–H groups in total. The molecule has 0 fully saturated rings. The molecular weight excluding hydrogens is 258 g/mol. The maximum atomic E-state index is 12.4. The SMILES string of the molecule is C[C@H](c1cccc2ccccc12)[N+]([O-])=Cc1ccccc1. The fourth-order valence-electron chi connectivity index (χ4n) is 2.55. The van der Waals surface area contributed by atoms with Crippen molar-refractivity contribution in [2.24, 2.45) is 0 Å². The quantitative estimate of drug-likeness (QED) is 0.298. The van der Waals surface area contributed by atoms with Gasteiger partial charge in [0.1, 0.15) is 0 Å². The summed E-state index contributed by atoms with van der Waals surface area (Å²) < 4.78 is 1.02. The van der Waals surface area contributed by atoms with Crippen LogP contribution in [0.2, 0.25) is 0 Å². The van der Waals surface area contributed by atoms with Crippen molar-refractivity contribution in [3.8, 4) is 0 Å². The molecule has 0 aliphatic carbocycles. The number of hydrogen-bond donors (Lipinski definition) is 0. The molecule has 0 aromatic heterocycles. The lowest BCUT2D eigenvalue weighted by molar-refractivity contribution is -0.497. The molecule has 3 aromatic carbocycles. The zero-order chi connectivity index (χ0) is 14.7. The molecule has 0 unspecified atom stereocenters. The highest BCUT2D eigenvalue weighted by molar-refractivity contribution is 5.86. The summed E-state index contributed by atoms with van der Waals surface area (Å²) in [6, 6.07) is 23.7. The molecule has 0 aliphatic heterocycles. The number of nitrogens with zero attached hydrogens (tertiary/aromatic N) is 1. The van der Waals surface area contributed by atoms with E-state index in [2.05, 4.69) is 18.2 Å². The van der Waals surface area contributed by atoms with Crippen LogP contribution in [0.5, 0.6) is 0 Å². The third-order valence-corrected chi connectivity index (χ3v) is 3.73. The minimum Gasteiger partial charge on any atom is -0.623 e. The summed E-state index contributed by atoms with van der Waals surface area (Å²) in [6.07, 6.45) is 1.65. The van der Waals surface area contributed by atoms with E-state index in [1.54, 1.807) is 6.21 Å². The van der Waals surface area contributed by atoms with Gasteiger partial charge in [-0.05, 0) is 22.9 Å². The molecule has 0 radical (unpaired) electrons. The first-order valence-electron chi connectivity index (χ1n) is 7.09. The standard InChI is InChI=1S/C19H17NO/c1-15(20(21)14-16-8-3-2-4-9-16)18-13-7-11-17-10-5-6-12-19(17)18/h2-15H,1H3/t15-/m1/s1. The van der Waals surface area contributed by atoms with Crippen LogP contribution in [0, 0.1) is 5.21 Å². The fourth-order valence-corrected chi connectivity index (χ4v) is 2.55. The summed E-state index contributed by atoms with van der Waals surface area (Å²) in [7, 11) is 0. The Morgan fingerprint density at radius 2 is 1.52 bits per heavy atom. The van der Waals surface area contributed by atoms with E-state index >= 15 is 0 Å². The fraction of sp³-hybridized carbons (Fsp3) is 0.105. The van der Waals surface area contributed by atoms with Crippen molar-refractivity contribution in [2.75, 3.05) is 0 Å². The van der Waals surface area contributed by atoms with Crippen molar-refractivity contribution < 1.29 is 4.74 Å². The van der Waals surface area contributed by atoms with E-state index in [4.69, 9.17) is 0 Å². The Morgan fingerprint density at radius 1 is 0.857 bits per heavy atom.